The Morgan fingerprint density at radius 1 is 1.21 bits per heavy atom. The number of non-ortho nitro benzene ring substituents is 1. The van der Waals surface area contributed by atoms with Crippen LogP contribution in [0.3, 0.4) is 0 Å². The zero-order valence-electron chi connectivity index (χ0n) is 18.9. The molecule has 2 aromatic carbocycles. The molecule has 0 aliphatic rings. The van der Waals surface area contributed by atoms with Crippen LogP contribution in [0.1, 0.15) is 29.4 Å². The van der Waals surface area contributed by atoms with Crippen LogP contribution in [0.4, 0.5) is 11.4 Å². The molecule has 0 aliphatic heterocycles. The van der Waals surface area contributed by atoms with Crippen molar-refractivity contribution < 1.29 is 14.5 Å². The summed E-state index contributed by atoms with van der Waals surface area (Å²) in [6, 6.07) is 15.5. The van der Waals surface area contributed by atoms with E-state index in [1.54, 1.807) is 43.3 Å². The maximum atomic E-state index is 12.7. The lowest BCUT2D eigenvalue weighted by molar-refractivity contribution is -0.384. The normalized spacial score (nSPS) is 11.1. The fraction of sp³-hybridized carbons (Fsp3) is 0.200. The van der Waals surface area contributed by atoms with Crippen molar-refractivity contribution in [1.29, 1.82) is 5.26 Å². The number of ether oxygens (including phenoxy) is 1. The number of hydrogen-bond donors (Lipinski definition) is 1. The van der Waals surface area contributed by atoms with Crippen molar-refractivity contribution >= 4 is 23.4 Å². The minimum absolute atomic E-state index is 0.0238. The molecule has 33 heavy (non-hydrogen) atoms. The zero-order valence-corrected chi connectivity index (χ0v) is 18.9. The Hall–Kier alpha value is -4.38. The SMILES string of the molecule is CCOc1cccc(NC(=O)C(C#N)=Cc2cc(C)n(-c3ccc([N+](=O)[O-])cc3C)c2C)c1. The van der Waals surface area contributed by atoms with E-state index < -0.39 is 10.8 Å². The number of nitro groups is 1. The van der Waals surface area contributed by atoms with Gasteiger partial charge in [0.25, 0.3) is 11.6 Å². The first-order chi connectivity index (χ1) is 15.7. The number of amides is 1. The number of nitro benzene ring substituents is 1. The Bertz CT molecular complexity index is 1300. The van der Waals surface area contributed by atoms with Gasteiger partial charge in [-0.15, -0.1) is 0 Å². The van der Waals surface area contributed by atoms with Gasteiger partial charge in [0.15, 0.2) is 0 Å². The number of nitrogens with zero attached hydrogens (tertiary/aromatic N) is 3. The highest BCUT2D eigenvalue weighted by Crippen LogP contribution is 2.27. The molecule has 3 aromatic rings. The van der Waals surface area contributed by atoms with E-state index in [1.165, 1.54) is 12.1 Å². The van der Waals surface area contributed by atoms with Gasteiger partial charge in [0.2, 0.25) is 0 Å². The summed E-state index contributed by atoms with van der Waals surface area (Å²) >= 11 is 0. The number of nitrogens with one attached hydrogen (secondary N) is 1. The Labute approximate surface area is 191 Å². The van der Waals surface area contributed by atoms with Crippen molar-refractivity contribution in [2.75, 3.05) is 11.9 Å². The molecule has 0 saturated heterocycles. The van der Waals surface area contributed by atoms with Crippen LogP contribution in [-0.4, -0.2) is 22.0 Å². The van der Waals surface area contributed by atoms with E-state index in [1.807, 2.05) is 37.5 Å². The van der Waals surface area contributed by atoms with Crippen molar-refractivity contribution in [1.82, 2.24) is 4.57 Å². The lowest BCUT2D eigenvalue weighted by Gasteiger charge is -2.12. The number of hydrogen-bond acceptors (Lipinski definition) is 5. The van der Waals surface area contributed by atoms with Crippen molar-refractivity contribution in [3.63, 3.8) is 0 Å². The average molecular weight is 444 g/mol. The van der Waals surface area contributed by atoms with Gasteiger partial charge in [0, 0.05) is 41.0 Å². The second-order valence-corrected chi connectivity index (χ2v) is 7.47. The molecule has 8 heteroatoms. The van der Waals surface area contributed by atoms with E-state index in [0.717, 1.165) is 22.6 Å². The molecule has 0 aliphatic carbocycles. The molecule has 0 fully saturated rings. The van der Waals surface area contributed by atoms with E-state index in [9.17, 15) is 20.2 Å². The van der Waals surface area contributed by atoms with Crippen molar-refractivity contribution in [3.8, 4) is 17.5 Å². The average Bonchev–Trinajstić information content (AvgIpc) is 3.05. The Balaban J connectivity index is 1.92. The smallest absolute Gasteiger partial charge is 0.269 e. The third-order valence-electron chi connectivity index (χ3n) is 5.17. The molecule has 1 amide bonds. The van der Waals surface area contributed by atoms with Gasteiger partial charge in [-0.2, -0.15) is 5.26 Å². The van der Waals surface area contributed by atoms with Crippen molar-refractivity contribution in [2.45, 2.75) is 27.7 Å². The molecular weight excluding hydrogens is 420 g/mol. The van der Waals surface area contributed by atoms with Gasteiger partial charge in [0.1, 0.15) is 17.4 Å². The number of nitriles is 1. The number of aromatic nitrogens is 1. The van der Waals surface area contributed by atoms with Crippen molar-refractivity contribution in [3.05, 3.63) is 86.7 Å². The summed E-state index contributed by atoms with van der Waals surface area (Å²) < 4.78 is 7.39. The summed E-state index contributed by atoms with van der Waals surface area (Å²) in [7, 11) is 0. The first-order valence-electron chi connectivity index (χ1n) is 10.4. The molecule has 1 N–H and O–H groups in total. The minimum atomic E-state index is -0.525. The van der Waals surface area contributed by atoms with E-state index >= 15 is 0 Å². The lowest BCUT2D eigenvalue weighted by atomic mass is 10.1. The predicted molar refractivity (Wildman–Crippen MR) is 126 cm³/mol. The second-order valence-electron chi connectivity index (χ2n) is 7.47. The number of anilines is 1. The number of rotatable bonds is 7. The summed E-state index contributed by atoms with van der Waals surface area (Å²) in [4.78, 5) is 23.4. The molecule has 3 rings (SSSR count). The molecule has 0 radical (unpaired) electrons. The molecule has 0 saturated carbocycles. The highest BCUT2D eigenvalue weighted by Gasteiger charge is 2.16. The Morgan fingerprint density at radius 2 is 1.97 bits per heavy atom. The number of aryl methyl sites for hydroxylation is 2. The molecule has 1 aromatic heterocycles. The van der Waals surface area contributed by atoms with Gasteiger partial charge >= 0.3 is 0 Å². The van der Waals surface area contributed by atoms with Crippen LogP contribution in [-0.2, 0) is 4.79 Å². The lowest BCUT2D eigenvalue weighted by Crippen LogP contribution is -2.13. The summed E-state index contributed by atoms with van der Waals surface area (Å²) in [5.74, 6) is 0.0993. The molecule has 0 bridgehead atoms. The van der Waals surface area contributed by atoms with E-state index in [-0.39, 0.29) is 11.3 Å². The molecule has 1 heterocycles. The maximum Gasteiger partial charge on any atom is 0.269 e. The molecule has 0 unspecified atom stereocenters. The van der Waals surface area contributed by atoms with E-state index in [4.69, 9.17) is 4.74 Å². The topological polar surface area (TPSA) is 110 Å². The van der Waals surface area contributed by atoms with Gasteiger partial charge in [-0.3, -0.25) is 14.9 Å². The summed E-state index contributed by atoms with van der Waals surface area (Å²) in [6.45, 7) is 7.96. The highest BCUT2D eigenvalue weighted by molar-refractivity contribution is 6.09. The standard InChI is InChI=1S/C25H24N4O4/c1-5-33-23-8-6-7-21(14-23)27-25(30)20(15-26)13-19-12-17(3)28(18(19)4)24-10-9-22(29(31)32)11-16(24)2/h6-14H,5H2,1-4H3,(H,27,30). The van der Waals surface area contributed by atoms with Crippen LogP contribution in [0.2, 0.25) is 0 Å². The summed E-state index contributed by atoms with van der Waals surface area (Å²) in [5, 5.41) is 23.4. The Kier molecular flexibility index (Phi) is 6.94. The largest absolute Gasteiger partial charge is 0.494 e. The quantitative estimate of drug-likeness (QED) is 0.231. The Morgan fingerprint density at radius 3 is 2.61 bits per heavy atom. The van der Waals surface area contributed by atoms with Crippen LogP contribution in [0.15, 0.2) is 54.1 Å². The van der Waals surface area contributed by atoms with Crippen LogP contribution >= 0.6 is 0 Å². The highest BCUT2D eigenvalue weighted by atomic mass is 16.6. The summed E-state index contributed by atoms with van der Waals surface area (Å²) in [5.41, 5.74) is 4.44. The van der Waals surface area contributed by atoms with Gasteiger partial charge < -0.3 is 14.6 Å². The van der Waals surface area contributed by atoms with Crippen LogP contribution in [0.25, 0.3) is 11.8 Å². The zero-order chi connectivity index (χ0) is 24.1. The fourth-order valence-corrected chi connectivity index (χ4v) is 3.64. The number of benzene rings is 2. The van der Waals surface area contributed by atoms with Gasteiger partial charge in [-0.1, -0.05) is 6.07 Å². The van der Waals surface area contributed by atoms with E-state index in [2.05, 4.69) is 5.32 Å². The fourth-order valence-electron chi connectivity index (χ4n) is 3.64. The van der Waals surface area contributed by atoms with Gasteiger partial charge in [-0.25, -0.2) is 0 Å². The van der Waals surface area contributed by atoms with Gasteiger partial charge in [0.05, 0.1) is 11.5 Å². The first kappa shape index (κ1) is 23.3. The van der Waals surface area contributed by atoms with Crippen LogP contribution in [0.5, 0.6) is 5.75 Å². The molecule has 168 valence electrons. The minimum Gasteiger partial charge on any atom is -0.494 e. The monoisotopic (exact) mass is 444 g/mol. The first-order valence-corrected chi connectivity index (χ1v) is 10.4. The number of carbonyl (C=O) groups excluding carboxylic acids is 1. The maximum absolute atomic E-state index is 12.7. The predicted octanol–water partition coefficient (Wildman–Crippen LogP) is 5.26. The molecule has 8 nitrogen and oxygen atoms in total. The van der Waals surface area contributed by atoms with Crippen LogP contribution in [0, 0.1) is 42.2 Å². The molecule has 0 atom stereocenters. The van der Waals surface area contributed by atoms with Crippen molar-refractivity contribution in [2.24, 2.45) is 0 Å². The number of carbonyl (C=O) groups is 1. The van der Waals surface area contributed by atoms with Crippen LogP contribution < -0.4 is 10.1 Å². The molecular formula is C25H24N4O4. The van der Waals surface area contributed by atoms with Gasteiger partial charge in [-0.05, 0) is 69.2 Å². The third kappa shape index (κ3) is 5.10. The summed E-state index contributed by atoms with van der Waals surface area (Å²) in [6.07, 6.45) is 1.54. The molecule has 0 spiro atoms. The second kappa shape index (κ2) is 9.83. The van der Waals surface area contributed by atoms with E-state index in [0.29, 0.717) is 23.6 Å². The third-order valence-corrected chi connectivity index (χ3v) is 5.17.